The van der Waals surface area contributed by atoms with Crippen molar-refractivity contribution >= 4 is 5.95 Å². The average Bonchev–Trinajstić information content (AvgIpc) is 2.58. The predicted molar refractivity (Wildman–Crippen MR) is 43.6 cm³/mol. The fourth-order valence-electron chi connectivity index (χ4n) is 1.40. The van der Waals surface area contributed by atoms with E-state index in [1.807, 2.05) is 0 Å². The molecule has 3 N–H and O–H groups in total. The molecule has 1 aliphatic heterocycles. The van der Waals surface area contributed by atoms with Crippen molar-refractivity contribution in [3.63, 3.8) is 0 Å². The third kappa shape index (κ3) is 1.38. The van der Waals surface area contributed by atoms with Crippen molar-refractivity contribution in [3.05, 3.63) is 0 Å². The molecule has 6 heteroatoms. The fraction of sp³-hybridized carbons (Fsp3) is 0.833. The van der Waals surface area contributed by atoms with Gasteiger partial charge in [0.2, 0.25) is 5.95 Å². The summed E-state index contributed by atoms with van der Waals surface area (Å²) in [6, 6.07) is 0.345. The first kappa shape index (κ1) is 7.48. The lowest BCUT2D eigenvalue weighted by molar-refractivity contribution is 0.495. The van der Waals surface area contributed by atoms with Crippen molar-refractivity contribution in [3.8, 4) is 0 Å². The van der Waals surface area contributed by atoms with Gasteiger partial charge in [-0.3, -0.25) is 0 Å². The summed E-state index contributed by atoms with van der Waals surface area (Å²) < 4.78 is 0. The molecule has 1 fully saturated rings. The minimum Gasteiger partial charge on any atom is -0.340 e. The van der Waals surface area contributed by atoms with E-state index in [-0.39, 0.29) is 0 Å². The number of piperidine rings is 1. The molecule has 2 rings (SSSR count). The first-order chi connectivity index (χ1) is 5.86. The summed E-state index contributed by atoms with van der Waals surface area (Å²) in [4.78, 5) is 2.11. The number of nitrogens with zero attached hydrogens (tertiary/aromatic N) is 4. The van der Waals surface area contributed by atoms with Gasteiger partial charge in [0.1, 0.15) is 0 Å². The Bertz CT molecular complexity index is 224. The lowest BCUT2D eigenvalue weighted by atomic mass is 10.1. The van der Waals surface area contributed by atoms with E-state index in [9.17, 15) is 0 Å². The van der Waals surface area contributed by atoms with Crippen LogP contribution in [0, 0.1) is 0 Å². The number of rotatable bonds is 1. The van der Waals surface area contributed by atoms with Crippen LogP contribution in [-0.2, 0) is 0 Å². The summed E-state index contributed by atoms with van der Waals surface area (Å²) in [6.07, 6.45) is 2.03. The zero-order chi connectivity index (χ0) is 8.39. The zero-order valence-electron chi connectivity index (χ0n) is 6.77. The number of hydrogen-bond acceptors (Lipinski definition) is 5. The molecule has 1 aliphatic rings. The number of anilines is 1. The molecular formula is C6H12N6. The number of hydrogen-bond donors (Lipinski definition) is 2. The normalized spacial score (nSPS) is 19.9. The molecule has 0 aliphatic carbocycles. The number of tetrazole rings is 1. The van der Waals surface area contributed by atoms with E-state index in [0.717, 1.165) is 31.9 Å². The van der Waals surface area contributed by atoms with E-state index >= 15 is 0 Å². The van der Waals surface area contributed by atoms with E-state index in [4.69, 9.17) is 5.73 Å². The van der Waals surface area contributed by atoms with Gasteiger partial charge in [-0.25, -0.2) is 5.10 Å². The quantitative estimate of drug-likeness (QED) is 0.569. The monoisotopic (exact) mass is 168 g/mol. The smallest absolute Gasteiger partial charge is 0.242 e. The molecule has 2 heterocycles. The Kier molecular flexibility index (Phi) is 1.91. The van der Waals surface area contributed by atoms with Crippen molar-refractivity contribution < 1.29 is 0 Å². The number of nitrogens with one attached hydrogen (secondary N) is 1. The Hall–Kier alpha value is -1.17. The Morgan fingerprint density at radius 2 is 2.17 bits per heavy atom. The molecule has 1 aromatic rings. The van der Waals surface area contributed by atoms with Crippen LogP contribution >= 0.6 is 0 Å². The SMILES string of the molecule is NC1CCN(c2nnn[nH]2)CC1. The highest BCUT2D eigenvalue weighted by atomic mass is 15.5. The summed E-state index contributed by atoms with van der Waals surface area (Å²) in [5.41, 5.74) is 5.76. The molecule has 0 aromatic carbocycles. The van der Waals surface area contributed by atoms with Gasteiger partial charge in [0.25, 0.3) is 0 Å². The molecule has 0 unspecified atom stereocenters. The summed E-state index contributed by atoms with van der Waals surface area (Å²) in [7, 11) is 0. The Labute approximate surface area is 70.1 Å². The lowest BCUT2D eigenvalue weighted by Crippen LogP contribution is -2.40. The Balaban J connectivity index is 1.99. The van der Waals surface area contributed by atoms with Crippen LogP contribution < -0.4 is 10.6 Å². The number of nitrogens with two attached hydrogens (primary N) is 1. The van der Waals surface area contributed by atoms with Crippen LogP contribution in [0.4, 0.5) is 5.95 Å². The summed E-state index contributed by atoms with van der Waals surface area (Å²) >= 11 is 0. The lowest BCUT2D eigenvalue weighted by Gasteiger charge is -2.28. The molecule has 12 heavy (non-hydrogen) atoms. The molecule has 0 atom stereocenters. The van der Waals surface area contributed by atoms with Crippen LogP contribution in [0.25, 0.3) is 0 Å². The van der Waals surface area contributed by atoms with Gasteiger partial charge in [-0.15, -0.1) is 0 Å². The molecule has 6 nitrogen and oxygen atoms in total. The molecule has 0 radical (unpaired) electrons. The largest absolute Gasteiger partial charge is 0.340 e. The van der Waals surface area contributed by atoms with Crippen molar-refractivity contribution in [1.29, 1.82) is 0 Å². The van der Waals surface area contributed by atoms with Gasteiger partial charge in [0.15, 0.2) is 0 Å². The van der Waals surface area contributed by atoms with Crippen molar-refractivity contribution in [2.75, 3.05) is 18.0 Å². The van der Waals surface area contributed by atoms with E-state index in [1.165, 1.54) is 0 Å². The van der Waals surface area contributed by atoms with Crippen LogP contribution in [0.2, 0.25) is 0 Å². The summed E-state index contributed by atoms with van der Waals surface area (Å²) in [5, 5.41) is 13.6. The van der Waals surface area contributed by atoms with Gasteiger partial charge in [0, 0.05) is 19.1 Å². The Morgan fingerprint density at radius 1 is 1.42 bits per heavy atom. The first-order valence-corrected chi connectivity index (χ1v) is 4.10. The molecule has 1 aromatic heterocycles. The second-order valence-electron chi connectivity index (χ2n) is 3.05. The summed E-state index contributed by atoms with van der Waals surface area (Å²) in [6.45, 7) is 1.88. The third-order valence-corrected chi connectivity index (χ3v) is 2.17. The zero-order valence-corrected chi connectivity index (χ0v) is 6.77. The molecule has 0 spiro atoms. The number of aromatic nitrogens is 4. The van der Waals surface area contributed by atoms with Gasteiger partial charge in [-0.1, -0.05) is 5.10 Å². The molecule has 1 saturated heterocycles. The van der Waals surface area contributed by atoms with Gasteiger partial charge < -0.3 is 10.6 Å². The minimum absolute atomic E-state index is 0.345. The predicted octanol–water partition coefficient (Wildman–Crippen LogP) is -0.873. The van der Waals surface area contributed by atoms with E-state index in [2.05, 4.69) is 25.5 Å². The molecule has 0 amide bonds. The third-order valence-electron chi connectivity index (χ3n) is 2.17. The Morgan fingerprint density at radius 3 is 2.75 bits per heavy atom. The van der Waals surface area contributed by atoms with Crippen LogP contribution in [0.15, 0.2) is 0 Å². The summed E-state index contributed by atoms with van der Waals surface area (Å²) in [5.74, 6) is 0.752. The standard InChI is InChI=1S/C6H12N6/c7-5-1-3-12(4-2-5)6-8-10-11-9-6/h5H,1-4,7H2,(H,8,9,10,11). The van der Waals surface area contributed by atoms with E-state index < -0.39 is 0 Å². The van der Waals surface area contributed by atoms with Gasteiger partial charge in [0.05, 0.1) is 0 Å². The maximum absolute atomic E-state index is 5.76. The van der Waals surface area contributed by atoms with E-state index in [0.29, 0.717) is 6.04 Å². The highest BCUT2D eigenvalue weighted by molar-refractivity contribution is 5.26. The molecule has 66 valence electrons. The maximum Gasteiger partial charge on any atom is 0.242 e. The minimum atomic E-state index is 0.345. The second-order valence-corrected chi connectivity index (χ2v) is 3.05. The number of aromatic amines is 1. The van der Waals surface area contributed by atoms with Crippen molar-refractivity contribution in [2.24, 2.45) is 5.73 Å². The topological polar surface area (TPSA) is 83.7 Å². The van der Waals surface area contributed by atoms with Gasteiger partial charge in [-0.05, 0) is 23.3 Å². The van der Waals surface area contributed by atoms with Gasteiger partial charge >= 0.3 is 0 Å². The van der Waals surface area contributed by atoms with Crippen LogP contribution in [-0.4, -0.2) is 39.8 Å². The maximum atomic E-state index is 5.76. The average molecular weight is 168 g/mol. The molecular weight excluding hydrogens is 156 g/mol. The van der Waals surface area contributed by atoms with Crippen molar-refractivity contribution in [2.45, 2.75) is 18.9 Å². The van der Waals surface area contributed by atoms with Crippen LogP contribution in [0.3, 0.4) is 0 Å². The van der Waals surface area contributed by atoms with Crippen LogP contribution in [0.5, 0.6) is 0 Å². The van der Waals surface area contributed by atoms with Crippen LogP contribution in [0.1, 0.15) is 12.8 Å². The van der Waals surface area contributed by atoms with E-state index in [1.54, 1.807) is 0 Å². The molecule has 0 bridgehead atoms. The highest BCUT2D eigenvalue weighted by Crippen LogP contribution is 2.12. The number of H-pyrrole nitrogens is 1. The molecule has 0 saturated carbocycles. The van der Waals surface area contributed by atoms with Crippen molar-refractivity contribution in [1.82, 2.24) is 20.6 Å². The highest BCUT2D eigenvalue weighted by Gasteiger charge is 2.17. The second kappa shape index (κ2) is 3.06. The van der Waals surface area contributed by atoms with Gasteiger partial charge in [-0.2, -0.15) is 0 Å². The first-order valence-electron chi connectivity index (χ1n) is 4.10. The fourth-order valence-corrected chi connectivity index (χ4v) is 1.40.